The normalized spacial score (nSPS) is 10.9. The maximum Gasteiger partial charge on any atom is 0.125 e. The summed E-state index contributed by atoms with van der Waals surface area (Å²) >= 11 is 0. The Morgan fingerprint density at radius 3 is 2.74 bits per heavy atom. The molecule has 3 aromatic rings. The van der Waals surface area contributed by atoms with Gasteiger partial charge in [-0.15, -0.1) is 0 Å². The van der Waals surface area contributed by atoms with Crippen molar-refractivity contribution in [2.45, 2.75) is 26.9 Å². The topological polar surface area (TPSA) is 63.2 Å². The Balaban J connectivity index is 1.84. The smallest absolute Gasteiger partial charge is 0.125 e. The Morgan fingerprint density at radius 1 is 1.22 bits per heavy atom. The SMILES string of the molecule is Cc1ccccc1CNc1cc(-c2ccoc2C)nn1CCO. The molecular weight excluding hydrogens is 290 g/mol. The quantitative estimate of drug-likeness (QED) is 0.732. The molecule has 0 radical (unpaired) electrons. The molecule has 0 aliphatic heterocycles. The summed E-state index contributed by atoms with van der Waals surface area (Å²) in [5, 5.41) is 17.2. The zero-order valence-electron chi connectivity index (χ0n) is 13.4. The van der Waals surface area contributed by atoms with Crippen molar-refractivity contribution in [3.63, 3.8) is 0 Å². The van der Waals surface area contributed by atoms with Crippen molar-refractivity contribution in [3.05, 3.63) is 59.5 Å². The van der Waals surface area contributed by atoms with E-state index in [4.69, 9.17) is 4.42 Å². The molecule has 0 amide bonds. The van der Waals surface area contributed by atoms with Crippen LogP contribution >= 0.6 is 0 Å². The van der Waals surface area contributed by atoms with Gasteiger partial charge < -0.3 is 14.8 Å². The van der Waals surface area contributed by atoms with Crippen LogP contribution in [0.1, 0.15) is 16.9 Å². The summed E-state index contributed by atoms with van der Waals surface area (Å²) in [6.45, 7) is 5.23. The zero-order valence-corrected chi connectivity index (χ0v) is 13.4. The number of nitrogens with zero attached hydrogens (tertiary/aromatic N) is 2. The van der Waals surface area contributed by atoms with Crippen molar-refractivity contribution < 1.29 is 9.52 Å². The third-order valence-electron chi connectivity index (χ3n) is 3.95. The monoisotopic (exact) mass is 311 g/mol. The van der Waals surface area contributed by atoms with Gasteiger partial charge in [0.05, 0.1) is 25.1 Å². The molecule has 1 aromatic carbocycles. The molecule has 0 aliphatic rings. The summed E-state index contributed by atoms with van der Waals surface area (Å²) in [7, 11) is 0. The van der Waals surface area contributed by atoms with E-state index in [1.165, 1.54) is 11.1 Å². The first-order valence-corrected chi connectivity index (χ1v) is 7.70. The molecule has 2 N–H and O–H groups in total. The third-order valence-corrected chi connectivity index (χ3v) is 3.95. The van der Waals surface area contributed by atoms with Gasteiger partial charge in [-0.3, -0.25) is 0 Å². The molecule has 5 heteroatoms. The minimum atomic E-state index is 0.0462. The standard InChI is InChI=1S/C18H21N3O2/c1-13-5-3-4-6-15(13)12-19-18-11-17(20-21(18)8-9-22)16-7-10-23-14(16)2/h3-7,10-11,19,22H,8-9,12H2,1-2H3. The summed E-state index contributed by atoms with van der Waals surface area (Å²) < 4.78 is 7.15. The molecular formula is C18H21N3O2. The van der Waals surface area contributed by atoms with Gasteiger partial charge in [-0.05, 0) is 31.0 Å². The van der Waals surface area contributed by atoms with E-state index in [9.17, 15) is 5.11 Å². The minimum Gasteiger partial charge on any atom is -0.469 e. The largest absolute Gasteiger partial charge is 0.469 e. The van der Waals surface area contributed by atoms with Gasteiger partial charge in [0, 0.05) is 18.2 Å². The molecule has 0 unspecified atom stereocenters. The van der Waals surface area contributed by atoms with Gasteiger partial charge in [-0.25, -0.2) is 4.68 Å². The lowest BCUT2D eigenvalue weighted by atomic mass is 10.1. The summed E-state index contributed by atoms with van der Waals surface area (Å²) in [4.78, 5) is 0. The van der Waals surface area contributed by atoms with Crippen molar-refractivity contribution >= 4 is 5.82 Å². The molecule has 5 nitrogen and oxygen atoms in total. The summed E-state index contributed by atoms with van der Waals surface area (Å²) in [5.41, 5.74) is 4.31. The molecule has 0 bridgehead atoms. The van der Waals surface area contributed by atoms with E-state index in [0.717, 1.165) is 22.8 Å². The van der Waals surface area contributed by atoms with Crippen molar-refractivity contribution in [1.29, 1.82) is 0 Å². The maximum atomic E-state index is 9.26. The lowest BCUT2D eigenvalue weighted by molar-refractivity contribution is 0.270. The fraction of sp³-hybridized carbons (Fsp3) is 0.278. The predicted molar refractivity (Wildman–Crippen MR) is 90.3 cm³/mol. The average molecular weight is 311 g/mol. The van der Waals surface area contributed by atoms with Crippen LogP contribution in [0, 0.1) is 13.8 Å². The van der Waals surface area contributed by atoms with E-state index in [-0.39, 0.29) is 6.61 Å². The van der Waals surface area contributed by atoms with Crippen LogP contribution in [0.5, 0.6) is 0 Å². The lowest BCUT2D eigenvalue weighted by Crippen LogP contribution is -2.10. The maximum absolute atomic E-state index is 9.26. The number of aliphatic hydroxyl groups excluding tert-OH is 1. The second-order valence-electron chi connectivity index (χ2n) is 5.53. The van der Waals surface area contributed by atoms with Crippen LogP contribution in [0.2, 0.25) is 0 Å². The van der Waals surface area contributed by atoms with Gasteiger partial charge in [-0.2, -0.15) is 5.10 Å². The van der Waals surface area contributed by atoms with Crippen molar-refractivity contribution in [3.8, 4) is 11.3 Å². The second kappa shape index (κ2) is 6.71. The molecule has 2 heterocycles. The van der Waals surface area contributed by atoms with E-state index in [0.29, 0.717) is 13.1 Å². The predicted octanol–water partition coefficient (Wildman–Crippen LogP) is 3.36. The summed E-state index contributed by atoms with van der Waals surface area (Å²) in [6, 6.07) is 12.2. The third kappa shape index (κ3) is 3.29. The Morgan fingerprint density at radius 2 is 2.04 bits per heavy atom. The van der Waals surface area contributed by atoms with Gasteiger partial charge in [0.1, 0.15) is 11.6 Å². The molecule has 0 saturated carbocycles. The number of benzene rings is 1. The first-order chi connectivity index (χ1) is 11.2. The van der Waals surface area contributed by atoms with Crippen LogP contribution in [0.4, 0.5) is 5.82 Å². The highest BCUT2D eigenvalue weighted by Crippen LogP contribution is 2.26. The Labute approximate surface area is 135 Å². The van der Waals surface area contributed by atoms with Crippen LogP contribution in [-0.4, -0.2) is 21.5 Å². The minimum absolute atomic E-state index is 0.0462. The van der Waals surface area contributed by atoms with Crippen molar-refractivity contribution in [1.82, 2.24) is 9.78 Å². The molecule has 0 fully saturated rings. The van der Waals surface area contributed by atoms with E-state index in [2.05, 4.69) is 29.5 Å². The van der Waals surface area contributed by atoms with Crippen LogP contribution in [-0.2, 0) is 13.1 Å². The van der Waals surface area contributed by atoms with Gasteiger partial charge in [-0.1, -0.05) is 24.3 Å². The highest BCUT2D eigenvalue weighted by atomic mass is 16.3. The van der Waals surface area contributed by atoms with Crippen LogP contribution in [0.3, 0.4) is 0 Å². The van der Waals surface area contributed by atoms with Crippen LogP contribution in [0.15, 0.2) is 47.1 Å². The second-order valence-corrected chi connectivity index (χ2v) is 5.53. The number of aliphatic hydroxyl groups is 1. The number of rotatable bonds is 6. The number of furan rings is 1. The molecule has 3 rings (SSSR count). The summed E-state index contributed by atoms with van der Waals surface area (Å²) in [5.74, 6) is 1.72. The van der Waals surface area contributed by atoms with Crippen LogP contribution in [0.25, 0.3) is 11.3 Å². The fourth-order valence-electron chi connectivity index (χ4n) is 2.60. The van der Waals surface area contributed by atoms with Gasteiger partial charge in [0.2, 0.25) is 0 Å². The molecule has 0 aliphatic carbocycles. The molecule has 0 atom stereocenters. The molecule has 2 aromatic heterocycles. The Bertz CT molecular complexity index is 789. The lowest BCUT2D eigenvalue weighted by Gasteiger charge is -2.10. The number of aryl methyl sites for hydroxylation is 2. The number of hydrogen-bond donors (Lipinski definition) is 2. The number of nitrogens with one attached hydrogen (secondary N) is 1. The zero-order chi connectivity index (χ0) is 16.2. The molecule has 120 valence electrons. The fourth-order valence-corrected chi connectivity index (χ4v) is 2.60. The van der Waals surface area contributed by atoms with Gasteiger partial charge >= 0.3 is 0 Å². The molecule has 0 spiro atoms. The van der Waals surface area contributed by atoms with E-state index >= 15 is 0 Å². The number of anilines is 1. The van der Waals surface area contributed by atoms with Crippen LogP contribution < -0.4 is 5.32 Å². The Hall–Kier alpha value is -2.53. The molecule has 0 saturated heterocycles. The van der Waals surface area contributed by atoms with E-state index < -0.39 is 0 Å². The first kappa shape index (κ1) is 15.4. The highest BCUT2D eigenvalue weighted by molar-refractivity contribution is 5.64. The summed E-state index contributed by atoms with van der Waals surface area (Å²) in [6.07, 6.45) is 1.66. The van der Waals surface area contributed by atoms with Gasteiger partial charge in [0.15, 0.2) is 0 Å². The molecule has 23 heavy (non-hydrogen) atoms. The van der Waals surface area contributed by atoms with E-state index in [1.807, 2.05) is 31.2 Å². The first-order valence-electron chi connectivity index (χ1n) is 7.70. The Kier molecular flexibility index (Phi) is 4.48. The highest BCUT2D eigenvalue weighted by Gasteiger charge is 2.13. The van der Waals surface area contributed by atoms with Gasteiger partial charge in [0.25, 0.3) is 0 Å². The van der Waals surface area contributed by atoms with Crippen molar-refractivity contribution in [2.24, 2.45) is 0 Å². The average Bonchev–Trinajstić information content (AvgIpc) is 3.13. The van der Waals surface area contributed by atoms with E-state index in [1.54, 1.807) is 10.9 Å². The number of hydrogen-bond acceptors (Lipinski definition) is 4. The van der Waals surface area contributed by atoms with Crippen molar-refractivity contribution in [2.75, 3.05) is 11.9 Å². The number of aromatic nitrogens is 2.